The summed E-state index contributed by atoms with van der Waals surface area (Å²) in [7, 11) is 2.55. The van der Waals surface area contributed by atoms with Crippen LogP contribution >= 0.6 is 23.6 Å². The Bertz CT molecular complexity index is 775. The number of nitrogens with zero attached hydrogens (tertiary/aromatic N) is 1. The summed E-state index contributed by atoms with van der Waals surface area (Å²) < 4.78 is 9.52. The monoisotopic (exact) mass is 365 g/mol. The predicted molar refractivity (Wildman–Crippen MR) is 95.8 cm³/mol. The van der Waals surface area contributed by atoms with Crippen LogP contribution in [0.2, 0.25) is 0 Å². The lowest BCUT2D eigenvalue weighted by Gasteiger charge is -2.10. The van der Waals surface area contributed by atoms with E-state index in [1.165, 1.54) is 14.2 Å². The minimum absolute atomic E-state index is 0.248. The highest BCUT2D eigenvalue weighted by Gasteiger charge is 2.26. The second-order valence-electron chi connectivity index (χ2n) is 4.56. The molecular weight excluding hydrogens is 350 g/mol. The zero-order valence-corrected chi connectivity index (χ0v) is 14.8. The minimum Gasteiger partial charge on any atom is -0.465 e. The number of nitrogens with one attached hydrogen (secondary N) is 2. The molecule has 0 atom stereocenters. The Kier molecular flexibility index (Phi) is 5.83. The van der Waals surface area contributed by atoms with Crippen LogP contribution in [0.25, 0.3) is 0 Å². The Morgan fingerprint density at radius 3 is 2.50 bits per heavy atom. The van der Waals surface area contributed by atoms with Gasteiger partial charge in [-0.05, 0) is 36.8 Å². The molecule has 2 N–H and O–H groups in total. The van der Waals surface area contributed by atoms with Gasteiger partial charge in [-0.25, -0.2) is 9.59 Å². The molecule has 0 aliphatic carbocycles. The van der Waals surface area contributed by atoms with Crippen LogP contribution in [0.4, 0.5) is 10.7 Å². The van der Waals surface area contributed by atoms with Crippen molar-refractivity contribution >= 4 is 51.3 Å². The molecule has 2 heterocycles. The van der Waals surface area contributed by atoms with E-state index in [4.69, 9.17) is 21.7 Å². The van der Waals surface area contributed by atoms with Crippen LogP contribution in [0, 0.1) is 6.92 Å². The fourth-order valence-corrected chi connectivity index (χ4v) is 3.34. The molecule has 0 amide bonds. The van der Waals surface area contributed by atoms with Crippen molar-refractivity contribution in [1.82, 2.24) is 4.98 Å². The second-order valence-corrected chi connectivity index (χ2v) is 5.99. The van der Waals surface area contributed by atoms with Crippen LogP contribution in [0.3, 0.4) is 0 Å². The Balaban J connectivity index is 2.29. The molecule has 2 aromatic rings. The Morgan fingerprint density at radius 2 is 1.92 bits per heavy atom. The molecule has 0 saturated heterocycles. The standard InChI is InChI=1S/C15H15N3O4S2/c1-8-10(13(19)21-2)12(24-11(8)14(20)22-3)18-15(23)17-9-5-4-6-16-7-9/h4-7H,1-3H3,(H2,17,18,23). The zero-order valence-electron chi connectivity index (χ0n) is 13.2. The highest BCUT2D eigenvalue weighted by molar-refractivity contribution is 7.80. The van der Waals surface area contributed by atoms with Crippen molar-refractivity contribution in [2.75, 3.05) is 24.9 Å². The molecule has 0 aliphatic rings. The van der Waals surface area contributed by atoms with E-state index in [9.17, 15) is 9.59 Å². The van der Waals surface area contributed by atoms with Gasteiger partial charge >= 0.3 is 11.9 Å². The normalized spacial score (nSPS) is 9.96. The first-order valence-corrected chi connectivity index (χ1v) is 7.98. The first-order valence-electron chi connectivity index (χ1n) is 6.76. The smallest absolute Gasteiger partial charge is 0.348 e. The van der Waals surface area contributed by atoms with Crippen LogP contribution in [-0.4, -0.2) is 36.3 Å². The molecule has 24 heavy (non-hydrogen) atoms. The van der Waals surface area contributed by atoms with E-state index in [1.807, 2.05) is 0 Å². The van der Waals surface area contributed by atoms with Gasteiger partial charge in [0, 0.05) is 6.20 Å². The number of hydrogen-bond donors (Lipinski definition) is 2. The average molecular weight is 365 g/mol. The maximum atomic E-state index is 12.0. The lowest BCUT2D eigenvalue weighted by Crippen LogP contribution is -2.20. The molecule has 0 radical (unpaired) electrons. The van der Waals surface area contributed by atoms with E-state index in [0.29, 0.717) is 21.1 Å². The van der Waals surface area contributed by atoms with Gasteiger partial charge in [0.25, 0.3) is 0 Å². The maximum Gasteiger partial charge on any atom is 0.348 e. The molecule has 0 bridgehead atoms. The maximum absolute atomic E-state index is 12.0. The van der Waals surface area contributed by atoms with Gasteiger partial charge in [-0.15, -0.1) is 11.3 Å². The lowest BCUT2D eigenvalue weighted by atomic mass is 10.1. The number of aromatic nitrogens is 1. The number of ether oxygens (including phenoxy) is 2. The topological polar surface area (TPSA) is 89.5 Å². The molecule has 0 aromatic carbocycles. The summed E-state index contributed by atoms with van der Waals surface area (Å²) in [6, 6.07) is 3.55. The van der Waals surface area contributed by atoms with E-state index in [1.54, 1.807) is 31.5 Å². The number of anilines is 2. The summed E-state index contributed by atoms with van der Waals surface area (Å²) >= 11 is 6.31. The summed E-state index contributed by atoms with van der Waals surface area (Å²) in [6.45, 7) is 1.65. The van der Waals surface area contributed by atoms with Gasteiger partial charge in [0.1, 0.15) is 9.88 Å². The number of methoxy groups -OCH3 is 2. The largest absolute Gasteiger partial charge is 0.465 e. The van der Waals surface area contributed by atoms with E-state index < -0.39 is 11.9 Å². The van der Waals surface area contributed by atoms with Crippen molar-refractivity contribution in [3.05, 3.63) is 40.5 Å². The molecular formula is C15H15N3O4S2. The third kappa shape index (κ3) is 3.87. The molecule has 0 aliphatic heterocycles. The summed E-state index contributed by atoms with van der Waals surface area (Å²) in [5, 5.41) is 6.52. The van der Waals surface area contributed by atoms with Crippen molar-refractivity contribution < 1.29 is 19.1 Å². The molecule has 9 heteroatoms. The number of carbonyl (C=O) groups excluding carboxylic acids is 2. The summed E-state index contributed by atoms with van der Waals surface area (Å²) in [6.07, 6.45) is 3.25. The van der Waals surface area contributed by atoms with Gasteiger partial charge in [0.05, 0.1) is 31.7 Å². The van der Waals surface area contributed by atoms with Crippen molar-refractivity contribution in [3.63, 3.8) is 0 Å². The quantitative estimate of drug-likeness (QED) is 0.631. The van der Waals surface area contributed by atoms with Crippen LogP contribution < -0.4 is 10.6 Å². The molecule has 0 spiro atoms. The number of hydrogen-bond acceptors (Lipinski definition) is 7. The van der Waals surface area contributed by atoms with Crippen molar-refractivity contribution in [1.29, 1.82) is 0 Å². The fourth-order valence-electron chi connectivity index (χ4n) is 1.94. The summed E-state index contributed by atoms with van der Waals surface area (Å²) in [5.74, 6) is -1.09. The highest BCUT2D eigenvalue weighted by Crippen LogP contribution is 2.34. The third-order valence-corrected chi connectivity index (χ3v) is 4.44. The fraction of sp³-hybridized carbons (Fsp3) is 0.200. The third-order valence-electron chi connectivity index (χ3n) is 3.05. The summed E-state index contributed by atoms with van der Waals surface area (Å²) in [4.78, 5) is 28.2. The Hall–Kier alpha value is -2.52. The molecule has 0 unspecified atom stereocenters. The number of thiocarbonyl (C=S) groups is 1. The number of carbonyl (C=O) groups is 2. The first kappa shape index (κ1) is 17.8. The Labute approximate surface area is 148 Å². The molecule has 2 aromatic heterocycles. The molecule has 2 rings (SSSR count). The molecule has 0 saturated carbocycles. The van der Waals surface area contributed by atoms with Gasteiger partial charge in [-0.1, -0.05) is 0 Å². The number of esters is 2. The van der Waals surface area contributed by atoms with Gasteiger partial charge in [-0.3, -0.25) is 4.98 Å². The van der Waals surface area contributed by atoms with Crippen LogP contribution in [0.5, 0.6) is 0 Å². The SMILES string of the molecule is COC(=O)c1sc(NC(=S)Nc2cccnc2)c(C(=O)OC)c1C. The van der Waals surface area contributed by atoms with Crippen molar-refractivity contribution in [2.45, 2.75) is 6.92 Å². The predicted octanol–water partition coefficient (Wildman–Crippen LogP) is 2.83. The van der Waals surface area contributed by atoms with E-state index in [2.05, 4.69) is 15.6 Å². The van der Waals surface area contributed by atoms with Crippen molar-refractivity contribution in [2.24, 2.45) is 0 Å². The summed E-state index contributed by atoms with van der Waals surface area (Å²) in [5.41, 5.74) is 1.42. The zero-order chi connectivity index (χ0) is 17.7. The van der Waals surface area contributed by atoms with Gasteiger partial charge in [-0.2, -0.15) is 0 Å². The van der Waals surface area contributed by atoms with Crippen molar-refractivity contribution in [3.8, 4) is 0 Å². The molecule has 126 valence electrons. The number of pyridine rings is 1. The Morgan fingerprint density at radius 1 is 1.21 bits per heavy atom. The van der Waals surface area contributed by atoms with Gasteiger partial charge < -0.3 is 20.1 Å². The van der Waals surface area contributed by atoms with E-state index in [-0.39, 0.29) is 10.7 Å². The average Bonchev–Trinajstić information content (AvgIpc) is 2.90. The molecule has 7 nitrogen and oxygen atoms in total. The lowest BCUT2D eigenvalue weighted by molar-refractivity contribution is 0.0601. The highest BCUT2D eigenvalue weighted by atomic mass is 32.1. The van der Waals surface area contributed by atoms with E-state index >= 15 is 0 Å². The number of rotatable bonds is 4. The van der Waals surface area contributed by atoms with Gasteiger partial charge in [0.2, 0.25) is 0 Å². The minimum atomic E-state index is -0.564. The second kappa shape index (κ2) is 7.84. The molecule has 0 fully saturated rings. The van der Waals surface area contributed by atoms with Crippen LogP contribution in [0.1, 0.15) is 25.6 Å². The first-order chi connectivity index (χ1) is 11.5. The van der Waals surface area contributed by atoms with E-state index in [0.717, 1.165) is 11.3 Å². The van der Waals surface area contributed by atoms with Crippen LogP contribution in [0.15, 0.2) is 24.5 Å². The van der Waals surface area contributed by atoms with Gasteiger partial charge in [0.15, 0.2) is 5.11 Å². The number of thiophene rings is 1. The van der Waals surface area contributed by atoms with Crippen LogP contribution in [-0.2, 0) is 9.47 Å².